The Kier molecular flexibility index (Phi) is 6.13. The van der Waals surface area contributed by atoms with Crippen molar-refractivity contribution in [2.75, 3.05) is 18.2 Å². The van der Waals surface area contributed by atoms with Crippen LogP contribution in [0.2, 0.25) is 0 Å². The normalized spacial score (nSPS) is 10.7. The van der Waals surface area contributed by atoms with E-state index in [1.807, 2.05) is 31.2 Å². The molecule has 3 rings (SSSR count). The summed E-state index contributed by atoms with van der Waals surface area (Å²) in [5, 5.41) is 2.85. The van der Waals surface area contributed by atoms with Gasteiger partial charge in [-0.1, -0.05) is 18.2 Å². The van der Waals surface area contributed by atoms with Crippen LogP contribution in [0.1, 0.15) is 17.7 Å². The average molecular weight is 383 g/mol. The third-order valence-electron chi connectivity index (χ3n) is 3.96. The van der Waals surface area contributed by atoms with Crippen molar-refractivity contribution in [3.05, 3.63) is 70.3 Å². The maximum absolute atomic E-state index is 12.2. The first-order chi connectivity index (χ1) is 13.1. The monoisotopic (exact) mass is 383 g/mol. The minimum absolute atomic E-state index is 0.0750. The summed E-state index contributed by atoms with van der Waals surface area (Å²) >= 11 is 1.57. The molecule has 0 bridgehead atoms. The fourth-order valence-corrected chi connectivity index (χ4v) is 3.47. The van der Waals surface area contributed by atoms with Crippen molar-refractivity contribution in [2.45, 2.75) is 19.1 Å². The highest BCUT2D eigenvalue weighted by Crippen LogP contribution is 2.23. The van der Waals surface area contributed by atoms with Crippen LogP contribution in [-0.4, -0.2) is 28.2 Å². The van der Waals surface area contributed by atoms with Crippen molar-refractivity contribution >= 4 is 29.0 Å². The fraction of sp³-hybridized carbons (Fsp3) is 0.250. The topological polar surface area (TPSA) is 72.7 Å². The van der Waals surface area contributed by atoms with Gasteiger partial charge < -0.3 is 10.1 Å². The van der Waals surface area contributed by atoms with Gasteiger partial charge in [-0.3, -0.25) is 14.0 Å². The van der Waals surface area contributed by atoms with Crippen molar-refractivity contribution in [1.29, 1.82) is 0 Å². The Bertz CT molecular complexity index is 1020. The third kappa shape index (κ3) is 4.89. The quantitative estimate of drug-likeness (QED) is 0.634. The number of aromatic nitrogens is 2. The molecule has 0 spiro atoms. The molecule has 0 aliphatic rings. The zero-order valence-corrected chi connectivity index (χ0v) is 16.1. The predicted octanol–water partition coefficient (Wildman–Crippen LogP) is 3.27. The number of fused-ring (bicyclic) bond motifs is 1. The number of pyridine rings is 1. The molecule has 1 N–H and O–H groups in total. The summed E-state index contributed by atoms with van der Waals surface area (Å²) in [6, 6.07) is 12.6. The summed E-state index contributed by atoms with van der Waals surface area (Å²) in [4.78, 5) is 28.8. The number of nitrogens with one attached hydrogen (secondary N) is 1. The summed E-state index contributed by atoms with van der Waals surface area (Å²) in [7, 11) is 1.57. The Morgan fingerprint density at radius 1 is 1.26 bits per heavy atom. The predicted molar refractivity (Wildman–Crippen MR) is 109 cm³/mol. The highest BCUT2D eigenvalue weighted by molar-refractivity contribution is 7.98. The highest BCUT2D eigenvalue weighted by atomic mass is 32.2. The number of hydrogen-bond donors (Lipinski definition) is 1. The highest BCUT2D eigenvalue weighted by Gasteiger charge is 2.08. The fourth-order valence-electron chi connectivity index (χ4n) is 2.63. The molecule has 2 heterocycles. The van der Waals surface area contributed by atoms with Gasteiger partial charge >= 0.3 is 0 Å². The van der Waals surface area contributed by atoms with Crippen molar-refractivity contribution in [3.8, 4) is 5.75 Å². The number of carbonyl (C=O) groups excluding carboxylic acids is 1. The zero-order valence-electron chi connectivity index (χ0n) is 15.3. The van der Waals surface area contributed by atoms with Gasteiger partial charge in [0, 0.05) is 30.2 Å². The number of anilines is 1. The molecule has 1 aromatic carbocycles. The average Bonchev–Trinajstić information content (AvgIpc) is 2.66. The first kappa shape index (κ1) is 19.0. The molecule has 3 aromatic rings. The van der Waals surface area contributed by atoms with Crippen molar-refractivity contribution in [1.82, 2.24) is 9.38 Å². The molecule has 27 heavy (non-hydrogen) atoms. The largest absolute Gasteiger partial charge is 0.495 e. The molecule has 0 unspecified atom stereocenters. The van der Waals surface area contributed by atoms with Crippen LogP contribution >= 0.6 is 11.8 Å². The molecule has 0 aliphatic carbocycles. The Labute approximate surface area is 161 Å². The van der Waals surface area contributed by atoms with Crippen LogP contribution in [0.15, 0.2) is 53.5 Å². The molecule has 0 fully saturated rings. The number of amides is 1. The number of para-hydroxylation sites is 2. The number of thioether (sulfide) groups is 1. The van der Waals surface area contributed by atoms with Crippen molar-refractivity contribution in [3.63, 3.8) is 0 Å². The van der Waals surface area contributed by atoms with E-state index in [1.54, 1.807) is 47.7 Å². The van der Waals surface area contributed by atoms with Gasteiger partial charge in [0.2, 0.25) is 5.91 Å². The maximum Gasteiger partial charge on any atom is 0.258 e. The Morgan fingerprint density at radius 2 is 2.07 bits per heavy atom. The SMILES string of the molecule is COc1ccccc1NC(=O)CCSCc1cc(=O)n2cc(C)ccc2n1. The lowest BCUT2D eigenvalue weighted by molar-refractivity contribution is -0.115. The van der Waals surface area contributed by atoms with Crippen LogP contribution < -0.4 is 15.6 Å². The number of benzene rings is 1. The van der Waals surface area contributed by atoms with Gasteiger partial charge in [0.1, 0.15) is 11.4 Å². The lowest BCUT2D eigenvalue weighted by Gasteiger charge is -2.09. The molecule has 0 atom stereocenters. The molecule has 6 nitrogen and oxygen atoms in total. The molecule has 0 saturated carbocycles. The molecule has 140 valence electrons. The van der Waals surface area contributed by atoms with Crippen LogP contribution in [0.5, 0.6) is 5.75 Å². The van der Waals surface area contributed by atoms with E-state index >= 15 is 0 Å². The number of carbonyl (C=O) groups is 1. The van der Waals surface area contributed by atoms with E-state index in [0.29, 0.717) is 35.0 Å². The molecular weight excluding hydrogens is 362 g/mol. The number of nitrogens with zero attached hydrogens (tertiary/aromatic N) is 2. The summed E-state index contributed by atoms with van der Waals surface area (Å²) in [6.07, 6.45) is 2.15. The van der Waals surface area contributed by atoms with Crippen LogP contribution in [-0.2, 0) is 10.5 Å². The molecule has 0 aliphatic heterocycles. The van der Waals surface area contributed by atoms with Gasteiger partial charge in [0.05, 0.1) is 18.5 Å². The second-order valence-electron chi connectivity index (χ2n) is 6.07. The first-order valence-electron chi connectivity index (χ1n) is 8.56. The summed E-state index contributed by atoms with van der Waals surface area (Å²) in [5.74, 6) is 1.78. The second-order valence-corrected chi connectivity index (χ2v) is 7.18. The Morgan fingerprint density at radius 3 is 2.89 bits per heavy atom. The lowest BCUT2D eigenvalue weighted by Crippen LogP contribution is -2.15. The lowest BCUT2D eigenvalue weighted by atomic mass is 10.3. The zero-order chi connectivity index (χ0) is 19.2. The van der Waals surface area contributed by atoms with Gasteiger partial charge in [-0.2, -0.15) is 11.8 Å². The first-order valence-corrected chi connectivity index (χ1v) is 9.72. The third-order valence-corrected chi connectivity index (χ3v) is 4.96. The van der Waals surface area contributed by atoms with Crippen molar-refractivity contribution in [2.24, 2.45) is 0 Å². The van der Waals surface area contributed by atoms with E-state index in [-0.39, 0.29) is 11.5 Å². The van der Waals surface area contributed by atoms with E-state index in [4.69, 9.17) is 4.74 Å². The Balaban J connectivity index is 1.53. The molecule has 2 aromatic heterocycles. The molecule has 1 amide bonds. The molecule has 7 heteroatoms. The smallest absolute Gasteiger partial charge is 0.258 e. The number of hydrogen-bond acceptors (Lipinski definition) is 5. The number of methoxy groups -OCH3 is 1. The van der Waals surface area contributed by atoms with Crippen LogP contribution in [0, 0.1) is 6.92 Å². The van der Waals surface area contributed by atoms with E-state index in [2.05, 4.69) is 10.3 Å². The second kappa shape index (κ2) is 8.73. The van der Waals surface area contributed by atoms with Gasteiger partial charge in [-0.15, -0.1) is 0 Å². The number of aryl methyl sites for hydroxylation is 1. The molecule has 0 saturated heterocycles. The van der Waals surface area contributed by atoms with E-state index in [9.17, 15) is 9.59 Å². The van der Waals surface area contributed by atoms with Gasteiger partial charge in [-0.25, -0.2) is 4.98 Å². The minimum atomic E-state index is -0.0896. The van der Waals surface area contributed by atoms with Crippen LogP contribution in [0.25, 0.3) is 5.65 Å². The van der Waals surface area contributed by atoms with Gasteiger partial charge in [-0.05, 0) is 30.7 Å². The molecular formula is C20H21N3O3S. The van der Waals surface area contributed by atoms with Crippen LogP contribution in [0.3, 0.4) is 0 Å². The summed E-state index contributed by atoms with van der Waals surface area (Å²) in [5.41, 5.74) is 2.94. The van der Waals surface area contributed by atoms with E-state index in [1.165, 1.54) is 0 Å². The maximum atomic E-state index is 12.2. The van der Waals surface area contributed by atoms with Crippen LogP contribution in [0.4, 0.5) is 5.69 Å². The van der Waals surface area contributed by atoms with Crippen molar-refractivity contribution < 1.29 is 9.53 Å². The number of rotatable bonds is 7. The molecule has 0 radical (unpaired) electrons. The van der Waals surface area contributed by atoms with E-state index < -0.39 is 0 Å². The minimum Gasteiger partial charge on any atom is -0.495 e. The van der Waals surface area contributed by atoms with E-state index in [0.717, 1.165) is 11.3 Å². The standard InChI is InChI=1S/C20H21N3O3S/c1-14-7-8-18-21-15(11-20(25)23(18)12-14)13-27-10-9-19(24)22-16-5-3-4-6-17(16)26-2/h3-8,11-12H,9-10,13H2,1-2H3,(H,22,24). The van der Waals surface area contributed by atoms with Gasteiger partial charge in [0.15, 0.2) is 0 Å². The number of ether oxygens (including phenoxy) is 1. The summed E-state index contributed by atoms with van der Waals surface area (Å²) < 4.78 is 6.77. The van der Waals surface area contributed by atoms with Gasteiger partial charge in [0.25, 0.3) is 5.56 Å². The summed E-state index contributed by atoms with van der Waals surface area (Å²) in [6.45, 7) is 1.94. The Hall–Kier alpha value is -2.80.